The van der Waals surface area contributed by atoms with E-state index >= 15 is 0 Å². The molecule has 6 heteroatoms. The lowest BCUT2D eigenvalue weighted by molar-refractivity contribution is 0.285. The number of hydrogen-bond acceptors (Lipinski definition) is 4. The third-order valence-electron chi connectivity index (χ3n) is 1.79. The molecule has 84 valence electrons. The summed E-state index contributed by atoms with van der Waals surface area (Å²) in [6.45, 7) is -0.0717. The minimum Gasteiger partial charge on any atom is -0.391 e. The monoisotopic (exact) mass is 291 g/mol. The highest BCUT2D eigenvalue weighted by molar-refractivity contribution is 8.01. The lowest BCUT2D eigenvalue weighted by Gasteiger charge is -1.96. The zero-order valence-corrected chi connectivity index (χ0v) is 11.1. The van der Waals surface area contributed by atoms with Gasteiger partial charge in [-0.3, -0.25) is 0 Å². The van der Waals surface area contributed by atoms with Crippen LogP contribution in [0, 0.1) is 0 Å². The Morgan fingerprint density at radius 1 is 1.25 bits per heavy atom. The van der Waals surface area contributed by atoms with Gasteiger partial charge in [-0.25, -0.2) is 4.98 Å². The van der Waals surface area contributed by atoms with Crippen molar-refractivity contribution in [2.45, 2.75) is 15.8 Å². The Balaban J connectivity index is 2.17. The summed E-state index contributed by atoms with van der Waals surface area (Å²) < 4.78 is 0.816. The second-order valence-corrected chi connectivity index (χ2v) is 6.11. The average molecular weight is 292 g/mol. The van der Waals surface area contributed by atoms with Crippen LogP contribution in [0.1, 0.15) is 4.88 Å². The van der Waals surface area contributed by atoms with Gasteiger partial charge in [0.05, 0.1) is 11.5 Å². The predicted octanol–water partition coefficient (Wildman–Crippen LogP) is 4.09. The molecule has 0 radical (unpaired) electrons. The number of aromatic nitrogens is 1. The summed E-state index contributed by atoms with van der Waals surface area (Å²) in [6.07, 6.45) is 0. The Bertz CT molecular complexity index is 484. The van der Waals surface area contributed by atoms with Gasteiger partial charge < -0.3 is 5.11 Å². The molecule has 1 N–H and O–H groups in total. The van der Waals surface area contributed by atoms with Gasteiger partial charge in [0.15, 0.2) is 4.34 Å². The summed E-state index contributed by atoms with van der Waals surface area (Å²) in [5, 5.41) is 10.1. The molecule has 1 aromatic heterocycles. The van der Waals surface area contributed by atoms with Crippen LogP contribution in [0.2, 0.25) is 10.2 Å². The van der Waals surface area contributed by atoms with Crippen LogP contribution >= 0.6 is 46.3 Å². The summed E-state index contributed by atoms with van der Waals surface area (Å²) in [5.74, 6) is 0. The van der Waals surface area contributed by atoms with Crippen molar-refractivity contribution in [3.8, 4) is 0 Å². The molecule has 0 unspecified atom stereocenters. The number of nitrogens with zero attached hydrogens (tertiary/aromatic N) is 1. The molecule has 0 atom stereocenters. The highest BCUT2D eigenvalue weighted by atomic mass is 35.5. The van der Waals surface area contributed by atoms with Crippen LogP contribution in [-0.4, -0.2) is 10.1 Å². The molecule has 0 fully saturated rings. The van der Waals surface area contributed by atoms with Gasteiger partial charge in [0.2, 0.25) is 0 Å². The van der Waals surface area contributed by atoms with Crippen LogP contribution in [0.25, 0.3) is 0 Å². The molecule has 2 rings (SSSR count). The fraction of sp³-hybridized carbons (Fsp3) is 0.100. The van der Waals surface area contributed by atoms with Crippen molar-refractivity contribution in [1.29, 1.82) is 0 Å². The van der Waals surface area contributed by atoms with E-state index in [9.17, 15) is 0 Å². The second kappa shape index (κ2) is 5.38. The van der Waals surface area contributed by atoms with E-state index in [1.54, 1.807) is 0 Å². The Kier molecular flexibility index (Phi) is 4.10. The van der Waals surface area contributed by atoms with Crippen molar-refractivity contribution in [3.05, 3.63) is 39.3 Å². The first-order chi connectivity index (χ1) is 7.69. The van der Waals surface area contributed by atoms with Crippen molar-refractivity contribution >= 4 is 46.3 Å². The fourth-order valence-corrected chi connectivity index (χ4v) is 3.45. The molecule has 1 aromatic carbocycles. The summed E-state index contributed by atoms with van der Waals surface area (Å²) in [7, 11) is 0. The summed E-state index contributed by atoms with van der Waals surface area (Å²) in [6, 6.07) is 7.49. The lowest BCUT2D eigenvalue weighted by Crippen LogP contribution is -1.75. The average Bonchev–Trinajstić information content (AvgIpc) is 2.62. The molecule has 0 bridgehead atoms. The number of aliphatic hydroxyl groups excluding tert-OH is 1. The van der Waals surface area contributed by atoms with Crippen molar-refractivity contribution < 1.29 is 5.11 Å². The van der Waals surface area contributed by atoms with Crippen molar-refractivity contribution in [3.63, 3.8) is 0 Å². The topological polar surface area (TPSA) is 33.1 Å². The Labute approximate surface area is 111 Å². The van der Waals surface area contributed by atoms with E-state index < -0.39 is 0 Å². The maximum Gasteiger partial charge on any atom is 0.156 e. The third-order valence-corrected chi connectivity index (χ3v) is 4.58. The second-order valence-electron chi connectivity index (χ2n) is 2.91. The van der Waals surface area contributed by atoms with Crippen LogP contribution in [0.5, 0.6) is 0 Å². The molecule has 0 aliphatic rings. The van der Waals surface area contributed by atoms with E-state index in [4.69, 9.17) is 28.3 Å². The van der Waals surface area contributed by atoms with Crippen LogP contribution in [0.3, 0.4) is 0 Å². The van der Waals surface area contributed by atoms with Gasteiger partial charge in [-0.1, -0.05) is 35.0 Å². The highest BCUT2D eigenvalue weighted by Gasteiger charge is 2.09. The molecule has 0 aliphatic carbocycles. The molecular formula is C10H7Cl2NOS2. The van der Waals surface area contributed by atoms with Crippen molar-refractivity contribution in [2.24, 2.45) is 0 Å². The minimum absolute atomic E-state index is 0.0717. The number of hydrogen-bond donors (Lipinski definition) is 1. The van der Waals surface area contributed by atoms with Crippen molar-refractivity contribution in [2.75, 3.05) is 0 Å². The molecular weight excluding hydrogens is 285 g/mol. The number of halogens is 2. The quantitative estimate of drug-likeness (QED) is 0.924. The molecule has 0 amide bonds. The van der Waals surface area contributed by atoms with E-state index in [1.165, 1.54) is 23.1 Å². The van der Waals surface area contributed by atoms with Crippen LogP contribution < -0.4 is 0 Å². The SMILES string of the molecule is OCc1sc(Sc2ccc(Cl)cc2)nc1Cl. The highest BCUT2D eigenvalue weighted by Crippen LogP contribution is 2.35. The van der Waals surface area contributed by atoms with Crippen LogP contribution in [0.15, 0.2) is 33.5 Å². The fourth-order valence-electron chi connectivity index (χ4n) is 1.06. The van der Waals surface area contributed by atoms with Gasteiger partial charge in [-0.15, -0.1) is 11.3 Å². The normalized spacial score (nSPS) is 10.7. The molecule has 16 heavy (non-hydrogen) atoms. The van der Waals surface area contributed by atoms with Gasteiger partial charge in [-0.05, 0) is 24.3 Å². The standard InChI is InChI=1S/C10H7Cl2NOS2/c11-6-1-3-7(4-2-6)15-10-13-9(12)8(5-14)16-10/h1-4,14H,5H2. The van der Waals surface area contributed by atoms with E-state index in [1.807, 2.05) is 24.3 Å². The zero-order chi connectivity index (χ0) is 11.5. The van der Waals surface area contributed by atoms with Crippen molar-refractivity contribution in [1.82, 2.24) is 4.98 Å². The summed E-state index contributed by atoms with van der Waals surface area (Å²) in [4.78, 5) is 5.89. The first-order valence-corrected chi connectivity index (χ1v) is 6.77. The smallest absolute Gasteiger partial charge is 0.156 e. The molecule has 2 nitrogen and oxygen atoms in total. The third kappa shape index (κ3) is 2.90. The Hall–Kier alpha value is -0.260. The van der Waals surface area contributed by atoms with E-state index in [-0.39, 0.29) is 6.61 Å². The predicted molar refractivity (Wildman–Crippen MR) is 68.6 cm³/mol. The van der Waals surface area contributed by atoms with Gasteiger partial charge in [0, 0.05) is 9.92 Å². The van der Waals surface area contributed by atoms with Gasteiger partial charge in [-0.2, -0.15) is 0 Å². The minimum atomic E-state index is -0.0717. The Morgan fingerprint density at radius 2 is 1.94 bits per heavy atom. The van der Waals surface area contributed by atoms with E-state index in [0.29, 0.717) is 15.1 Å². The van der Waals surface area contributed by atoms with E-state index in [2.05, 4.69) is 4.98 Å². The largest absolute Gasteiger partial charge is 0.391 e. The number of aliphatic hydroxyl groups is 1. The lowest BCUT2D eigenvalue weighted by atomic mass is 10.4. The maximum absolute atomic E-state index is 8.99. The molecule has 1 heterocycles. The number of thiazole rings is 1. The number of rotatable bonds is 3. The summed E-state index contributed by atoms with van der Waals surface area (Å²) >= 11 is 14.5. The molecule has 0 aliphatic heterocycles. The van der Waals surface area contributed by atoms with Gasteiger partial charge in [0.25, 0.3) is 0 Å². The Morgan fingerprint density at radius 3 is 2.50 bits per heavy atom. The first-order valence-electron chi connectivity index (χ1n) is 4.38. The van der Waals surface area contributed by atoms with E-state index in [0.717, 1.165) is 9.24 Å². The van der Waals surface area contributed by atoms with Gasteiger partial charge in [0.1, 0.15) is 5.15 Å². The van der Waals surface area contributed by atoms with Crippen LogP contribution in [-0.2, 0) is 6.61 Å². The molecule has 2 aromatic rings. The number of benzene rings is 1. The van der Waals surface area contributed by atoms with Gasteiger partial charge >= 0.3 is 0 Å². The molecule has 0 saturated heterocycles. The maximum atomic E-state index is 8.99. The van der Waals surface area contributed by atoms with Crippen LogP contribution in [0.4, 0.5) is 0 Å². The molecule has 0 spiro atoms. The molecule has 0 saturated carbocycles. The first kappa shape index (κ1) is 12.2. The summed E-state index contributed by atoms with van der Waals surface area (Å²) in [5.41, 5.74) is 0. The zero-order valence-electron chi connectivity index (χ0n) is 7.98.